The summed E-state index contributed by atoms with van der Waals surface area (Å²) in [5.41, 5.74) is 6.09. The molecule has 0 unspecified atom stereocenters. The highest BCUT2D eigenvalue weighted by atomic mass is 16.2. The third kappa shape index (κ3) is 5.35. The fraction of sp³-hybridized carbons (Fsp3) is 0.458. The largest absolute Gasteiger partial charge is 0.322 e. The predicted molar refractivity (Wildman–Crippen MR) is 117 cm³/mol. The van der Waals surface area contributed by atoms with Crippen LogP contribution in [0.2, 0.25) is 0 Å². The molecule has 2 aromatic rings. The number of anilines is 1. The molecule has 4 heteroatoms. The van der Waals surface area contributed by atoms with Crippen molar-refractivity contribution in [3.8, 4) is 0 Å². The Balaban J connectivity index is 1.50. The lowest BCUT2D eigenvalue weighted by Crippen LogP contribution is -2.49. The molecule has 28 heavy (non-hydrogen) atoms. The fourth-order valence-corrected chi connectivity index (χ4v) is 3.73. The van der Waals surface area contributed by atoms with Gasteiger partial charge < -0.3 is 10.2 Å². The van der Waals surface area contributed by atoms with Gasteiger partial charge in [0.15, 0.2) is 0 Å². The molecule has 3 rings (SSSR count). The zero-order valence-corrected chi connectivity index (χ0v) is 17.9. The van der Waals surface area contributed by atoms with Gasteiger partial charge in [-0.3, -0.25) is 4.90 Å². The van der Waals surface area contributed by atoms with Crippen LogP contribution in [0.1, 0.15) is 43.0 Å². The molecule has 1 aliphatic rings. The van der Waals surface area contributed by atoms with Crippen molar-refractivity contribution in [2.45, 2.75) is 46.6 Å². The molecule has 1 fully saturated rings. The standard InChI is InChI=1S/C24H33N3O/c1-18-14-19(2)16-22(15-18)25-23(28)27-12-10-26(11-13-27)17-20-6-8-21(9-7-20)24(3,4)5/h6-9,14-16H,10-13,17H2,1-5H3,(H,25,28). The van der Waals surface area contributed by atoms with Gasteiger partial charge in [-0.1, -0.05) is 51.1 Å². The third-order valence-corrected chi connectivity index (χ3v) is 5.36. The first kappa shape index (κ1) is 20.4. The molecule has 0 bridgehead atoms. The SMILES string of the molecule is Cc1cc(C)cc(NC(=O)N2CCN(Cc3ccc(C(C)(C)C)cc3)CC2)c1. The van der Waals surface area contributed by atoms with E-state index < -0.39 is 0 Å². The van der Waals surface area contributed by atoms with E-state index in [9.17, 15) is 4.79 Å². The minimum atomic E-state index is -0.000759. The van der Waals surface area contributed by atoms with Crippen LogP contribution in [0.15, 0.2) is 42.5 Å². The fourth-order valence-electron chi connectivity index (χ4n) is 3.73. The smallest absolute Gasteiger partial charge is 0.321 e. The Morgan fingerprint density at radius 2 is 1.50 bits per heavy atom. The van der Waals surface area contributed by atoms with Crippen LogP contribution in [0, 0.1) is 13.8 Å². The van der Waals surface area contributed by atoms with Crippen LogP contribution in [0.5, 0.6) is 0 Å². The van der Waals surface area contributed by atoms with Gasteiger partial charge >= 0.3 is 6.03 Å². The monoisotopic (exact) mass is 379 g/mol. The Morgan fingerprint density at radius 1 is 0.929 bits per heavy atom. The average molecular weight is 380 g/mol. The predicted octanol–water partition coefficient (Wildman–Crippen LogP) is 4.95. The van der Waals surface area contributed by atoms with E-state index in [-0.39, 0.29) is 11.4 Å². The van der Waals surface area contributed by atoms with Crippen molar-refractivity contribution < 1.29 is 4.79 Å². The van der Waals surface area contributed by atoms with Crippen LogP contribution in [-0.2, 0) is 12.0 Å². The summed E-state index contributed by atoms with van der Waals surface area (Å²) in [6.07, 6.45) is 0. The summed E-state index contributed by atoms with van der Waals surface area (Å²) < 4.78 is 0. The second-order valence-corrected chi connectivity index (χ2v) is 9.02. The lowest BCUT2D eigenvalue weighted by molar-refractivity contribution is 0.143. The molecule has 2 amide bonds. The van der Waals surface area contributed by atoms with Gasteiger partial charge in [-0.15, -0.1) is 0 Å². The summed E-state index contributed by atoms with van der Waals surface area (Å²) >= 11 is 0. The Hall–Kier alpha value is -2.33. The average Bonchev–Trinajstić information content (AvgIpc) is 2.61. The second-order valence-electron chi connectivity index (χ2n) is 9.02. The van der Waals surface area contributed by atoms with Crippen LogP contribution in [-0.4, -0.2) is 42.0 Å². The summed E-state index contributed by atoms with van der Waals surface area (Å²) in [4.78, 5) is 16.9. The molecule has 150 valence electrons. The zero-order chi connectivity index (χ0) is 20.3. The Bertz CT molecular complexity index is 792. The lowest BCUT2D eigenvalue weighted by atomic mass is 9.87. The molecule has 0 spiro atoms. The lowest BCUT2D eigenvalue weighted by Gasteiger charge is -2.34. The first-order chi connectivity index (χ1) is 13.2. The van der Waals surface area contributed by atoms with Gasteiger partial charge in [-0.25, -0.2) is 4.79 Å². The number of hydrogen-bond acceptors (Lipinski definition) is 2. The van der Waals surface area contributed by atoms with Crippen molar-refractivity contribution in [2.24, 2.45) is 0 Å². The minimum absolute atomic E-state index is 0.000759. The Labute approximate surface area is 169 Å². The highest BCUT2D eigenvalue weighted by Crippen LogP contribution is 2.22. The van der Waals surface area contributed by atoms with Gasteiger partial charge in [-0.2, -0.15) is 0 Å². The molecular formula is C24H33N3O. The third-order valence-electron chi connectivity index (χ3n) is 5.36. The van der Waals surface area contributed by atoms with Crippen molar-refractivity contribution in [1.29, 1.82) is 0 Å². The molecule has 0 saturated carbocycles. The first-order valence-electron chi connectivity index (χ1n) is 10.2. The van der Waals surface area contributed by atoms with Crippen LogP contribution in [0.4, 0.5) is 10.5 Å². The summed E-state index contributed by atoms with van der Waals surface area (Å²) in [6.45, 7) is 15.1. The van der Waals surface area contributed by atoms with Crippen molar-refractivity contribution in [2.75, 3.05) is 31.5 Å². The maximum atomic E-state index is 12.6. The number of piperazine rings is 1. The van der Waals surface area contributed by atoms with Gasteiger partial charge in [0.2, 0.25) is 0 Å². The summed E-state index contributed by atoms with van der Waals surface area (Å²) in [5, 5.41) is 3.05. The first-order valence-corrected chi connectivity index (χ1v) is 10.2. The molecule has 0 aromatic heterocycles. The molecule has 0 radical (unpaired) electrons. The number of benzene rings is 2. The van der Waals surface area contributed by atoms with E-state index in [4.69, 9.17) is 0 Å². The van der Waals surface area contributed by atoms with Gasteiger partial charge in [0.25, 0.3) is 0 Å². The van der Waals surface area contributed by atoms with Gasteiger partial charge in [-0.05, 0) is 53.6 Å². The second kappa shape index (κ2) is 8.36. The molecule has 0 atom stereocenters. The van der Waals surface area contributed by atoms with Crippen LogP contribution in [0.25, 0.3) is 0 Å². The van der Waals surface area contributed by atoms with E-state index in [0.29, 0.717) is 0 Å². The number of urea groups is 1. The van der Waals surface area contributed by atoms with Crippen molar-refractivity contribution in [1.82, 2.24) is 9.80 Å². The Morgan fingerprint density at radius 3 is 2.04 bits per heavy atom. The van der Waals surface area contributed by atoms with Gasteiger partial charge in [0.1, 0.15) is 0 Å². The molecule has 1 N–H and O–H groups in total. The number of hydrogen-bond donors (Lipinski definition) is 1. The number of aryl methyl sites for hydroxylation is 2. The zero-order valence-electron chi connectivity index (χ0n) is 17.9. The highest BCUT2D eigenvalue weighted by molar-refractivity contribution is 5.89. The number of rotatable bonds is 3. The van der Waals surface area contributed by atoms with Crippen molar-refractivity contribution >= 4 is 11.7 Å². The van der Waals surface area contributed by atoms with Gasteiger partial charge in [0.05, 0.1) is 0 Å². The summed E-state index contributed by atoms with van der Waals surface area (Å²) in [5.74, 6) is 0. The van der Waals surface area contributed by atoms with Crippen molar-refractivity contribution in [3.05, 3.63) is 64.7 Å². The molecule has 2 aromatic carbocycles. The van der Waals surface area contributed by atoms with E-state index >= 15 is 0 Å². The van der Waals surface area contributed by atoms with Crippen LogP contribution >= 0.6 is 0 Å². The quantitative estimate of drug-likeness (QED) is 0.819. The Kier molecular flexibility index (Phi) is 6.09. The van der Waals surface area contributed by atoms with Gasteiger partial charge in [0, 0.05) is 38.4 Å². The number of amides is 2. The molecule has 4 nitrogen and oxygen atoms in total. The molecule has 1 saturated heterocycles. The van der Waals surface area contributed by atoms with E-state index in [1.807, 2.05) is 17.0 Å². The molecule has 1 aliphatic heterocycles. The molecule has 0 aliphatic carbocycles. The summed E-state index contributed by atoms with van der Waals surface area (Å²) in [6, 6.07) is 15.1. The van der Waals surface area contributed by atoms with Crippen LogP contribution in [0.3, 0.4) is 0 Å². The van der Waals surface area contributed by atoms with E-state index in [1.54, 1.807) is 0 Å². The number of carbonyl (C=O) groups excluding carboxylic acids is 1. The molecular weight excluding hydrogens is 346 g/mol. The summed E-state index contributed by atoms with van der Waals surface area (Å²) in [7, 11) is 0. The van der Waals surface area contributed by atoms with E-state index in [1.165, 1.54) is 11.1 Å². The van der Waals surface area contributed by atoms with Crippen molar-refractivity contribution in [3.63, 3.8) is 0 Å². The number of nitrogens with zero attached hydrogens (tertiary/aromatic N) is 2. The normalized spacial score (nSPS) is 15.5. The number of nitrogens with one attached hydrogen (secondary N) is 1. The molecule has 1 heterocycles. The van der Waals surface area contributed by atoms with E-state index in [2.05, 4.69) is 75.2 Å². The van der Waals surface area contributed by atoms with E-state index in [0.717, 1.165) is 49.5 Å². The minimum Gasteiger partial charge on any atom is -0.322 e. The highest BCUT2D eigenvalue weighted by Gasteiger charge is 2.21. The van der Waals surface area contributed by atoms with Crippen LogP contribution < -0.4 is 5.32 Å². The maximum absolute atomic E-state index is 12.6. The topological polar surface area (TPSA) is 35.6 Å². The maximum Gasteiger partial charge on any atom is 0.321 e. The number of carbonyl (C=O) groups is 1.